The van der Waals surface area contributed by atoms with Crippen molar-refractivity contribution in [2.45, 2.75) is 78.4 Å². The van der Waals surface area contributed by atoms with Gasteiger partial charge in [-0.05, 0) is 31.2 Å². The predicted octanol–water partition coefficient (Wildman–Crippen LogP) is 5.73. The van der Waals surface area contributed by atoms with Crippen LogP contribution in [0.4, 0.5) is 4.79 Å². The van der Waals surface area contributed by atoms with Gasteiger partial charge in [-0.2, -0.15) is 0 Å². The number of rotatable bonds is 9. The third kappa shape index (κ3) is 4.87. The number of imide groups is 1. The number of nitrogens with zero attached hydrogens (tertiary/aromatic N) is 1. The molecule has 4 heteroatoms. The molecule has 0 N–H and O–H groups in total. The number of benzene rings is 1. The second kappa shape index (κ2) is 9.75. The lowest BCUT2D eigenvalue weighted by atomic mass is 9.89. The second-order valence-corrected chi connectivity index (χ2v) is 7.61. The molecule has 0 bridgehead atoms. The summed E-state index contributed by atoms with van der Waals surface area (Å²) in [6.45, 7) is 8.34. The predicted molar refractivity (Wildman–Crippen MR) is 104 cm³/mol. The summed E-state index contributed by atoms with van der Waals surface area (Å²) in [6.07, 6.45) is 5.50. The third-order valence-electron chi connectivity index (χ3n) is 5.46. The largest absolute Gasteiger partial charge is 0.439 e. The number of amides is 2. The molecule has 26 heavy (non-hydrogen) atoms. The molecule has 144 valence electrons. The lowest BCUT2D eigenvalue weighted by Crippen LogP contribution is -2.42. The molecule has 1 saturated heterocycles. The average molecular weight is 360 g/mol. The molecule has 0 saturated carbocycles. The summed E-state index contributed by atoms with van der Waals surface area (Å²) < 4.78 is 5.54. The van der Waals surface area contributed by atoms with Crippen LogP contribution in [0.2, 0.25) is 0 Å². The van der Waals surface area contributed by atoms with Crippen LogP contribution in [-0.2, 0) is 9.53 Å². The van der Waals surface area contributed by atoms with Crippen LogP contribution >= 0.6 is 0 Å². The lowest BCUT2D eigenvalue weighted by Gasteiger charge is -2.25. The molecule has 0 aromatic heterocycles. The lowest BCUT2D eigenvalue weighted by molar-refractivity contribution is -0.134. The summed E-state index contributed by atoms with van der Waals surface area (Å²) in [5, 5.41) is 0. The molecule has 4 atom stereocenters. The van der Waals surface area contributed by atoms with Gasteiger partial charge in [-0.25, -0.2) is 9.69 Å². The van der Waals surface area contributed by atoms with Crippen LogP contribution in [0.1, 0.15) is 77.9 Å². The molecule has 1 aliphatic rings. The highest BCUT2D eigenvalue weighted by atomic mass is 16.6. The van der Waals surface area contributed by atoms with E-state index < -0.39 is 6.09 Å². The molecule has 2 amide bonds. The van der Waals surface area contributed by atoms with Crippen molar-refractivity contribution in [2.24, 2.45) is 11.8 Å². The van der Waals surface area contributed by atoms with Gasteiger partial charge in [0, 0.05) is 5.92 Å². The van der Waals surface area contributed by atoms with E-state index in [0.717, 1.165) is 24.8 Å². The maximum atomic E-state index is 13.1. The van der Waals surface area contributed by atoms with E-state index in [1.54, 1.807) is 0 Å². The molecule has 1 heterocycles. The summed E-state index contributed by atoms with van der Waals surface area (Å²) in [6, 6.07) is 9.38. The van der Waals surface area contributed by atoms with Crippen LogP contribution in [-0.4, -0.2) is 22.9 Å². The first-order valence-corrected chi connectivity index (χ1v) is 10.1. The first-order valence-electron chi connectivity index (χ1n) is 10.1. The molecular weight excluding hydrogens is 326 g/mol. The minimum absolute atomic E-state index is 0.0780. The van der Waals surface area contributed by atoms with E-state index in [2.05, 4.69) is 13.8 Å². The van der Waals surface area contributed by atoms with Crippen LogP contribution in [0, 0.1) is 11.8 Å². The van der Waals surface area contributed by atoms with Crippen molar-refractivity contribution in [1.82, 2.24) is 4.90 Å². The van der Waals surface area contributed by atoms with E-state index in [0.29, 0.717) is 5.92 Å². The van der Waals surface area contributed by atoms with Crippen LogP contribution in [0.5, 0.6) is 0 Å². The Balaban J connectivity index is 2.03. The van der Waals surface area contributed by atoms with Gasteiger partial charge in [-0.15, -0.1) is 0 Å². The number of cyclic esters (lactones) is 1. The molecule has 0 spiro atoms. The highest BCUT2D eigenvalue weighted by Crippen LogP contribution is 2.34. The zero-order valence-corrected chi connectivity index (χ0v) is 16.6. The fourth-order valence-corrected chi connectivity index (χ4v) is 3.83. The van der Waals surface area contributed by atoms with Gasteiger partial charge in [-0.3, -0.25) is 4.79 Å². The Bertz CT molecular complexity index is 586. The fourth-order valence-electron chi connectivity index (χ4n) is 3.83. The van der Waals surface area contributed by atoms with E-state index in [9.17, 15) is 9.59 Å². The molecule has 1 aromatic carbocycles. The molecule has 4 unspecified atom stereocenters. The Hall–Kier alpha value is -1.84. The van der Waals surface area contributed by atoms with Crippen molar-refractivity contribution in [3.63, 3.8) is 0 Å². The van der Waals surface area contributed by atoms with E-state index >= 15 is 0 Å². The summed E-state index contributed by atoms with van der Waals surface area (Å²) in [5.41, 5.74) is 0.935. The zero-order valence-electron chi connectivity index (χ0n) is 16.6. The van der Waals surface area contributed by atoms with E-state index in [1.165, 1.54) is 24.2 Å². The Labute approximate surface area is 157 Å². The highest BCUT2D eigenvalue weighted by molar-refractivity contribution is 5.95. The van der Waals surface area contributed by atoms with Gasteiger partial charge in [0.25, 0.3) is 0 Å². The number of hydrogen-bond acceptors (Lipinski definition) is 3. The molecule has 0 radical (unpaired) electrons. The van der Waals surface area contributed by atoms with Crippen molar-refractivity contribution in [1.29, 1.82) is 0 Å². The van der Waals surface area contributed by atoms with Gasteiger partial charge in [0.2, 0.25) is 5.91 Å². The van der Waals surface area contributed by atoms with Gasteiger partial charge in [-0.1, -0.05) is 76.8 Å². The Morgan fingerprint density at radius 3 is 2.50 bits per heavy atom. The number of ether oxygens (including phenoxy) is 1. The summed E-state index contributed by atoms with van der Waals surface area (Å²) in [5.74, 6) is 0.302. The van der Waals surface area contributed by atoms with Crippen LogP contribution in [0.3, 0.4) is 0 Å². The first kappa shape index (κ1) is 20.5. The minimum Gasteiger partial charge on any atom is -0.439 e. The average Bonchev–Trinajstić information content (AvgIpc) is 2.94. The number of carbonyl (C=O) groups is 2. The minimum atomic E-state index is -0.506. The molecule has 1 aromatic rings. The van der Waals surface area contributed by atoms with Crippen molar-refractivity contribution in [3.05, 3.63) is 35.9 Å². The van der Waals surface area contributed by atoms with Crippen LogP contribution in [0.15, 0.2) is 30.3 Å². The first-order chi connectivity index (χ1) is 12.5. The van der Waals surface area contributed by atoms with Gasteiger partial charge in [0.05, 0.1) is 6.04 Å². The van der Waals surface area contributed by atoms with E-state index in [1.807, 2.05) is 44.2 Å². The molecular formula is C22H33NO3. The number of hydrogen-bond donors (Lipinski definition) is 0. The molecule has 2 rings (SSSR count). The normalized spacial score (nSPS) is 22.2. The topological polar surface area (TPSA) is 46.6 Å². The number of carbonyl (C=O) groups excluding carboxylic acids is 2. The maximum Gasteiger partial charge on any atom is 0.417 e. The summed E-state index contributed by atoms with van der Waals surface area (Å²) >= 11 is 0. The fraction of sp³-hybridized carbons (Fsp3) is 0.636. The Morgan fingerprint density at radius 1 is 1.19 bits per heavy atom. The van der Waals surface area contributed by atoms with Crippen molar-refractivity contribution in [2.75, 3.05) is 0 Å². The van der Waals surface area contributed by atoms with E-state index in [-0.39, 0.29) is 24.0 Å². The molecule has 1 aliphatic heterocycles. The highest BCUT2D eigenvalue weighted by Gasteiger charge is 2.44. The van der Waals surface area contributed by atoms with Crippen molar-refractivity contribution in [3.8, 4) is 0 Å². The van der Waals surface area contributed by atoms with Crippen molar-refractivity contribution < 1.29 is 14.3 Å². The molecule has 4 nitrogen and oxygen atoms in total. The Morgan fingerprint density at radius 2 is 1.88 bits per heavy atom. The maximum absolute atomic E-state index is 13.1. The zero-order chi connectivity index (χ0) is 19.1. The summed E-state index contributed by atoms with van der Waals surface area (Å²) in [4.78, 5) is 26.8. The monoisotopic (exact) mass is 359 g/mol. The van der Waals surface area contributed by atoms with Crippen LogP contribution in [0.25, 0.3) is 0 Å². The van der Waals surface area contributed by atoms with Gasteiger partial charge >= 0.3 is 6.09 Å². The Kier molecular flexibility index (Phi) is 7.67. The van der Waals surface area contributed by atoms with Gasteiger partial charge in [0.1, 0.15) is 6.10 Å². The van der Waals surface area contributed by atoms with Gasteiger partial charge < -0.3 is 4.74 Å². The smallest absolute Gasteiger partial charge is 0.417 e. The number of unbranched alkanes of at least 4 members (excludes halogenated alkanes) is 2. The quantitative estimate of drug-likeness (QED) is 0.529. The molecule has 1 fully saturated rings. The van der Waals surface area contributed by atoms with Gasteiger partial charge in [0.15, 0.2) is 0 Å². The third-order valence-corrected chi connectivity index (χ3v) is 5.46. The second-order valence-electron chi connectivity index (χ2n) is 7.61. The van der Waals surface area contributed by atoms with Crippen LogP contribution < -0.4 is 0 Å². The SMILES string of the molecule is CCCCCC(C)CC(CC)C(=O)N1C(=O)OC(c2ccccc2)C1C. The summed E-state index contributed by atoms with van der Waals surface area (Å²) in [7, 11) is 0. The van der Waals surface area contributed by atoms with E-state index in [4.69, 9.17) is 4.74 Å². The molecule has 0 aliphatic carbocycles. The van der Waals surface area contributed by atoms with Crippen molar-refractivity contribution >= 4 is 12.0 Å². The standard InChI is InChI=1S/C22H33NO3/c1-5-7-9-12-16(3)15-18(6-2)21(24)23-17(4)20(26-22(23)25)19-13-10-8-11-14-19/h8,10-11,13-14,16-18,20H,5-7,9,12,15H2,1-4H3.